The van der Waals surface area contributed by atoms with Crippen LogP contribution in [0.2, 0.25) is 5.02 Å². The smallest absolute Gasteiger partial charge is 0.224 e. The highest BCUT2D eigenvalue weighted by atomic mass is 35.5. The number of halogens is 1. The third-order valence-electron chi connectivity index (χ3n) is 14.4. The molecule has 6 aromatic rings. The van der Waals surface area contributed by atoms with E-state index in [1.165, 1.54) is 0 Å². The van der Waals surface area contributed by atoms with Crippen molar-refractivity contribution in [1.82, 2.24) is 35.4 Å². The molecule has 2 saturated carbocycles. The molecule has 3 aliphatic rings. The second-order valence-electron chi connectivity index (χ2n) is 20.7. The number of aromatic nitrogens is 5. The Morgan fingerprint density at radius 1 is 0.918 bits per heavy atom. The van der Waals surface area contributed by atoms with E-state index in [1.54, 1.807) is 41.0 Å². The molecular formula is C55H61ClN8O7S2. The van der Waals surface area contributed by atoms with Crippen LogP contribution in [0.5, 0.6) is 11.6 Å². The number of nitrogens with zero attached hydrogens (tertiary/aromatic N) is 6. The summed E-state index contributed by atoms with van der Waals surface area (Å²) in [4.78, 5) is 71.7. The van der Waals surface area contributed by atoms with Crippen LogP contribution in [0.25, 0.3) is 15.4 Å². The summed E-state index contributed by atoms with van der Waals surface area (Å²) in [6.07, 6.45) is 1.96. The minimum atomic E-state index is -0.810. The van der Waals surface area contributed by atoms with Crippen LogP contribution >= 0.6 is 34.3 Å². The Balaban J connectivity index is 0.767. The van der Waals surface area contributed by atoms with Crippen molar-refractivity contribution in [2.45, 2.75) is 124 Å². The zero-order valence-corrected chi connectivity index (χ0v) is 44.7. The van der Waals surface area contributed by atoms with Gasteiger partial charge in [-0.1, -0.05) is 68.8 Å². The second-order valence-corrected chi connectivity index (χ2v) is 23.2. The first-order valence-corrected chi connectivity index (χ1v) is 26.8. The molecule has 2 amide bonds. The predicted molar refractivity (Wildman–Crippen MR) is 282 cm³/mol. The number of Topliss-reactive ketones (excluding diaryl/α,β-unsaturated/α-hetero) is 2. The maximum Gasteiger partial charge on any atom is 0.224 e. The molecule has 73 heavy (non-hydrogen) atoms. The van der Waals surface area contributed by atoms with Crippen molar-refractivity contribution in [3.05, 3.63) is 122 Å². The molecule has 15 nitrogen and oxygen atoms in total. The van der Waals surface area contributed by atoms with Crippen LogP contribution in [-0.4, -0.2) is 83.8 Å². The van der Waals surface area contributed by atoms with Crippen molar-refractivity contribution < 1.29 is 33.8 Å². The Morgan fingerprint density at radius 2 is 1.63 bits per heavy atom. The van der Waals surface area contributed by atoms with Crippen molar-refractivity contribution >= 4 is 63.4 Å². The van der Waals surface area contributed by atoms with E-state index in [2.05, 4.69) is 44.6 Å². The molecule has 1 unspecified atom stereocenters. The van der Waals surface area contributed by atoms with Crippen LogP contribution in [0.15, 0.2) is 77.4 Å². The van der Waals surface area contributed by atoms with Gasteiger partial charge in [0.25, 0.3) is 0 Å². The molecule has 4 aromatic heterocycles. The Kier molecular flexibility index (Phi) is 15.2. The fourth-order valence-corrected chi connectivity index (χ4v) is 12.3. The molecule has 5 heterocycles. The van der Waals surface area contributed by atoms with E-state index in [0.29, 0.717) is 35.3 Å². The van der Waals surface area contributed by atoms with Gasteiger partial charge in [-0.2, -0.15) is 0 Å². The third-order valence-corrected chi connectivity index (χ3v) is 16.8. The standard InChI is InChI=1S/C55H61ClN8O7S2/c1-28-31(4)73-54-48(28)49(34-13-15-36(56)16-14-34)61-45(52-63-62-32(5)64(52)54)25-46(67)60-37-19-41(20-37)71-47-24-40(17-18-57-47)70-26-39(66)23-44(55(6,7)8)50(68)42-21-38(65)22-43(42)53(69)59-29(2)33-9-11-35(12-10-33)51-30(3)58-27-72-51/h9-18,24,27,29,37-38,41-45,65H,19-23,25-26H2,1-8H3,(H,59,69)(H,60,67)/t29-,37-,38-,41-,42?,43+,44+,45-/m0/s1. The average Bonchev–Trinajstić information content (AvgIpc) is 4.11. The van der Waals surface area contributed by atoms with Crippen LogP contribution in [0.1, 0.15) is 123 Å². The Morgan fingerprint density at radius 3 is 2.33 bits per heavy atom. The summed E-state index contributed by atoms with van der Waals surface area (Å²) in [6, 6.07) is 17.8. The average molecular weight is 1050 g/mol. The van der Waals surface area contributed by atoms with E-state index in [-0.39, 0.29) is 73.9 Å². The topological polar surface area (TPSA) is 200 Å². The molecular weight excluding hydrogens is 984 g/mol. The molecule has 3 N–H and O–H groups in total. The quantitative estimate of drug-likeness (QED) is 0.0786. The largest absolute Gasteiger partial charge is 0.486 e. The molecule has 0 spiro atoms. The molecule has 1 aliphatic heterocycles. The van der Waals surface area contributed by atoms with Gasteiger partial charge in [0, 0.05) is 70.4 Å². The number of hydrogen-bond donors (Lipinski definition) is 3. The van der Waals surface area contributed by atoms with Gasteiger partial charge in [0.2, 0.25) is 17.7 Å². The molecule has 9 rings (SSSR count). The lowest BCUT2D eigenvalue weighted by atomic mass is 9.70. The number of rotatable bonds is 17. The fourth-order valence-electron chi connectivity index (χ4n) is 10.2. The number of aliphatic hydroxyl groups is 1. The van der Waals surface area contributed by atoms with E-state index < -0.39 is 35.3 Å². The molecule has 2 aromatic carbocycles. The summed E-state index contributed by atoms with van der Waals surface area (Å²) < 4.78 is 14.1. The first-order chi connectivity index (χ1) is 34.8. The number of thiazole rings is 1. The molecule has 2 aliphatic carbocycles. The molecule has 2 fully saturated rings. The van der Waals surface area contributed by atoms with Gasteiger partial charge in [-0.15, -0.1) is 32.9 Å². The maximum absolute atomic E-state index is 14.4. The van der Waals surface area contributed by atoms with E-state index >= 15 is 0 Å². The molecule has 382 valence electrons. The fraction of sp³-hybridized carbons (Fsp3) is 0.436. The van der Waals surface area contributed by atoms with Gasteiger partial charge in [0.15, 0.2) is 11.6 Å². The summed E-state index contributed by atoms with van der Waals surface area (Å²) >= 11 is 9.51. The number of benzene rings is 2. The van der Waals surface area contributed by atoms with Crippen LogP contribution in [0, 0.1) is 50.9 Å². The van der Waals surface area contributed by atoms with Gasteiger partial charge in [-0.25, -0.2) is 9.97 Å². The lowest BCUT2D eigenvalue weighted by molar-refractivity contribution is -0.139. The third kappa shape index (κ3) is 11.3. The maximum atomic E-state index is 14.4. The number of ether oxygens (including phenoxy) is 2. The Bertz CT molecular complexity index is 3060. The first kappa shape index (κ1) is 51.7. The molecule has 6 atom stereocenters. The Hall–Kier alpha value is -6.14. The van der Waals surface area contributed by atoms with Crippen LogP contribution in [-0.2, 0) is 19.2 Å². The first-order valence-electron chi connectivity index (χ1n) is 24.8. The summed E-state index contributed by atoms with van der Waals surface area (Å²) in [7, 11) is 0. The number of fused-ring (bicyclic) bond motifs is 3. The lowest BCUT2D eigenvalue weighted by Gasteiger charge is -2.35. The number of thiophene rings is 1. The van der Waals surface area contributed by atoms with Crippen LogP contribution < -0.4 is 20.1 Å². The normalized spacial score (nSPS) is 21.2. The molecule has 0 bridgehead atoms. The number of hydrogen-bond acceptors (Lipinski definition) is 14. The SMILES string of the molecule is Cc1ncsc1-c1ccc([C@H](C)NC(=O)[C@@H]2C[C@@H](O)CC2C(=O)[C@@H](CC(=O)COc2ccnc(O[C@H]3C[C@H](NC(=O)C[C@@H]4N=C(c5ccc(Cl)cc5)c5c(sc(C)c5C)-n5c(C)nnc54)C3)c2)C(C)(C)C)cc1. The highest BCUT2D eigenvalue weighted by molar-refractivity contribution is 7.15. The van der Waals surface area contributed by atoms with Crippen LogP contribution in [0.4, 0.5) is 0 Å². The van der Waals surface area contributed by atoms with E-state index in [0.717, 1.165) is 59.8 Å². The summed E-state index contributed by atoms with van der Waals surface area (Å²) in [5.41, 5.74) is 7.94. The van der Waals surface area contributed by atoms with Gasteiger partial charge >= 0.3 is 0 Å². The zero-order valence-electron chi connectivity index (χ0n) is 42.3. The van der Waals surface area contributed by atoms with Gasteiger partial charge in [-0.05, 0) is 87.8 Å². The van der Waals surface area contributed by atoms with E-state index in [4.69, 9.17) is 26.1 Å². The highest BCUT2D eigenvalue weighted by Gasteiger charge is 2.47. The number of amides is 2. The summed E-state index contributed by atoms with van der Waals surface area (Å²) in [6.45, 7) is 15.4. The van der Waals surface area contributed by atoms with Gasteiger partial charge in [-0.3, -0.25) is 28.7 Å². The number of carbonyl (C=O) groups excluding carboxylic acids is 4. The van der Waals surface area contributed by atoms with E-state index in [9.17, 15) is 24.3 Å². The van der Waals surface area contributed by atoms with Gasteiger partial charge in [0.05, 0.1) is 46.3 Å². The number of carbonyl (C=O) groups is 4. The number of aliphatic hydroxyl groups excluding tert-OH is 1. The monoisotopic (exact) mass is 1040 g/mol. The van der Waals surface area contributed by atoms with E-state index in [1.807, 2.05) is 100 Å². The van der Waals surface area contributed by atoms with Crippen molar-refractivity contribution in [3.8, 4) is 27.1 Å². The highest BCUT2D eigenvalue weighted by Crippen LogP contribution is 2.42. The number of aryl methyl sites for hydroxylation is 3. The summed E-state index contributed by atoms with van der Waals surface area (Å²) in [5.74, 6) is -1.09. The number of ketones is 2. The second kappa shape index (κ2) is 21.4. The number of aliphatic imine (C=N–C) groups is 1. The number of nitrogens with one attached hydrogen (secondary N) is 2. The molecule has 18 heteroatoms. The van der Waals surface area contributed by atoms with Crippen molar-refractivity contribution in [2.24, 2.45) is 28.2 Å². The van der Waals surface area contributed by atoms with Gasteiger partial charge in [0.1, 0.15) is 41.1 Å². The predicted octanol–water partition coefficient (Wildman–Crippen LogP) is 9.58. The molecule has 0 radical (unpaired) electrons. The minimum absolute atomic E-state index is 0.0703. The lowest BCUT2D eigenvalue weighted by Crippen LogP contribution is -2.49. The van der Waals surface area contributed by atoms with Gasteiger partial charge < -0.3 is 25.2 Å². The zero-order chi connectivity index (χ0) is 51.9. The van der Waals surface area contributed by atoms with Crippen molar-refractivity contribution in [2.75, 3.05) is 6.61 Å². The number of pyridine rings is 1. The Labute approximate surface area is 438 Å². The van der Waals surface area contributed by atoms with Crippen molar-refractivity contribution in [1.29, 1.82) is 0 Å². The minimum Gasteiger partial charge on any atom is -0.486 e. The van der Waals surface area contributed by atoms with Crippen molar-refractivity contribution in [3.63, 3.8) is 0 Å². The summed E-state index contributed by atoms with van der Waals surface area (Å²) in [5, 5.41) is 27.6. The molecule has 0 saturated heterocycles. The van der Waals surface area contributed by atoms with Crippen LogP contribution in [0.3, 0.4) is 0 Å².